The van der Waals surface area contributed by atoms with Crippen molar-refractivity contribution in [2.75, 3.05) is 0 Å². The van der Waals surface area contributed by atoms with Crippen LogP contribution in [0.15, 0.2) is 40.3 Å². The van der Waals surface area contributed by atoms with Gasteiger partial charge in [-0.25, -0.2) is 4.98 Å². The second-order valence-corrected chi connectivity index (χ2v) is 3.69. The molecule has 16 heavy (non-hydrogen) atoms. The maximum absolute atomic E-state index is 8.45. The van der Waals surface area contributed by atoms with Crippen LogP contribution in [0.4, 0.5) is 0 Å². The second kappa shape index (κ2) is 5.14. The lowest BCUT2D eigenvalue weighted by molar-refractivity contribution is 0.416. The smallest absolute Gasteiger partial charge is 0.213 e. The summed E-state index contributed by atoms with van der Waals surface area (Å²) in [5, 5.41) is 13.8. The third-order valence-electron chi connectivity index (χ3n) is 1.97. The van der Waals surface area contributed by atoms with Crippen molar-refractivity contribution in [2.45, 2.75) is 4.90 Å². The van der Waals surface area contributed by atoms with E-state index in [1.165, 1.54) is 35.6 Å². The van der Waals surface area contributed by atoms with Gasteiger partial charge in [0.15, 0.2) is 6.33 Å². The molecule has 0 atom stereocenters. The van der Waals surface area contributed by atoms with Crippen molar-refractivity contribution >= 4 is 23.9 Å². The van der Waals surface area contributed by atoms with Crippen LogP contribution in [0.2, 0.25) is 0 Å². The van der Waals surface area contributed by atoms with Crippen LogP contribution in [-0.2, 0) is 0 Å². The fourth-order valence-electron chi connectivity index (χ4n) is 1.24. The van der Waals surface area contributed by atoms with Gasteiger partial charge in [-0.1, -0.05) is 29.4 Å². The normalized spacial score (nSPS) is 10.4. The standard InChI is InChI=1S/C9H5NS.C2H2N2O/c10-6-11-9-3-1-2-7-4-5-8(7)9;1-3-2-5-4-1/h1-5H;1-2H. The zero-order valence-electron chi connectivity index (χ0n) is 8.20. The summed E-state index contributed by atoms with van der Waals surface area (Å²) in [7, 11) is 0. The summed E-state index contributed by atoms with van der Waals surface area (Å²) in [5.74, 6) is 0. The minimum atomic E-state index is 1.06. The van der Waals surface area contributed by atoms with Gasteiger partial charge < -0.3 is 4.52 Å². The largest absolute Gasteiger partial charge is 0.343 e. The predicted molar refractivity (Wildman–Crippen MR) is 61.1 cm³/mol. The number of nitrogens with zero attached hydrogens (tertiary/aromatic N) is 3. The summed E-state index contributed by atoms with van der Waals surface area (Å²) < 4.78 is 4.22. The lowest BCUT2D eigenvalue weighted by Gasteiger charge is -2.11. The number of thiocyanates is 1. The summed E-state index contributed by atoms with van der Waals surface area (Å²) in [5.41, 5.74) is 2.45. The number of aromatic nitrogens is 2. The number of hydrogen-bond acceptors (Lipinski definition) is 5. The number of rotatable bonds is 1. The Bertz CT molecular complexity index is 511. The van der Waals surface area contributed by atoms with E-state index < -0.39 is 0 Å². The van der Waals surface area contributed by atoms with Crippen LogP contribution in [0.25, 0.3) is 12.2 Å². The second-order valence-electron chi connectivity index (χ2n) is 2.87. The molecule has 1 heterocycles. The molecule has 1 aliphatic rings. The monoisotopic (exact) mass is 229 g/mol. The fourth-order valence-corrected chi connectivity index (χ4v) is 1.78. The first-order valence-electron chi connectivity index (χ1n) is 4.48. The first-order valence-corrected chi connectivity index (χ1v) is 5.30. The molecular formula is C11H7N3OS. The number of thioether (sulfide) groups is 1. The zero-order valence-corrected chi connectivity index (χ0v) is 9.02. The van der Waals surface area contributed by atoms with E-state index in [1.54, 1.807) is 0 Å². The quantitative estimate of drug-likeness (QED) is 0.474. The highest BCUT2D eigenvalue weighted by Gasteiger charge is 2.09. The highest BCUT2D eigenvalue weighted by molar-refractivity contribution is 8.03. The van der Waals surface area contributed by atoms with Crippen LogP contribution >= 0.6 is 11.8 Å². The molecule has 0 saturated heterocycles. The molecule has 0 radical (unpaired) electrons. The minimum Gasteiger partial charge on any atom is -0.343 e. The Balaban J connectivity index is 0.000000162. The van der Waals surface area contributed by atoms with Gasteiger partial charge in [-0.2, -0.15) is 5.26 Å². The molecular weight excluding hydrogens is 222 g/mol. The first-order chi connectivity index (χ1) is 7.92. The molecule has 78 valence electrons. The highest BCUT2D eigenvalue weighted by Crippen LogP contribution is 2.32. The third kappa shape index (κ3) is 2.30. The molecule has 0 saturated carbocycles. The maximum Gasteiger partial charge on any atom is 0.213 e. The van der Waals surface area contributed by atoms with Crippen molar-refractivity contribution in [1.82, 2.24) is 10.1 Å². The third-order valence-corrected chi connectivity index (χ3v) is 2.63. The molecule has 0 spiro atoms. The van der Waals surface area contributed by atoms with E-state index in [-0.39, 0.29) is 0 Å². The zero-order chi connectivity index (χ0) is 11.2. The van der Waals surface area contributed by atoms with Crippen LogP contribution in [0.3, 0.4) is 0 Å². The summed E-state index contributed by atoms with van der Waals surface area (Å²) in [6, 6.07) is 6.00. The van der Waals surface area contributed by atoms with Gasteiger partial charge in [-0.3, -0.25) is 0 Å². The van der Waals surface area contributed by atoms with E-state index in [1.807, 2.05) is 18.2 Å². The first kappa shape index (κ1) is 10.5. The van der Waals surface area contributed by atoms with Gasteiger partial charge in [0.25, 0.3) is 0 Å². The Hall–Kier alpha value is -2.06. The van der Waals surface area contributed by atoms with Crippen molar-refractivity contribution < 1.29 is 4.52 Å². The highest BCUT2D eigenvalue weighted by atomic mass is 32.2. The SMILES string of the molecule is N#CSc1cccc2c1C=C2.c1ncon1. The lowest BCUT2D eigenvalue weighted by Crippen LogP contribution is -1.90. The number of fused-ring (bicyclic) bond motifs is 1. The average Bonchev–Trinajstić information content (AvgIpc) is 2.79. The van der Waals surface area contributed by atoms with Crippen molar-refractivity contribution in [3.63, 3.8) is 0 Å². The molecule has 0 unspecified atom stereocenters. The van der Waals surface area contributed by atoms with Crippen LogP contribution < -0.4 is 0 Å². The van der Waals surface area contributed by atoms with E-state index >= 15 is 0 Å². The van der Waals surface area contributed by atoms with Gasteiger partial charge in [0.1, 0.15) is 5.40 Å². The number of hydrogen-bond donors (Lipinski definition) is 0. The molecule has 1 aliphatic carbocycles. The molecule has 2 aromatic rings. The minimum absolute atomic E-state index is 1.06. The van der Waals surface area contributed by atoms with Crippen LogP contribution in [0.1, 0.15) is 11.1 Å². The molecule has 0 amide bonds. The van der Waals surface area contributed by atoms with Gasteiger partial charge in [0.05, 0.1) is 0 Å². The van der Waals surface area contributed by atoms with Crippen molar-refractivity contribution in [1.29, 1.82) is 5.26 Å². The van der Waals surface area contributed by atoms with E-state index in [2.05, 4.69) is 32.2 Å². The van der Waals surface area contributed by atoms with Crippen molar-refractivity contribution in [3.8, 4) is 5.40 Å². The Morgan fingerprint density at radius 3 is 2.75 bits per heavy atom. The molecule has 1 aromatic carbocycles. The summed E-state index contributed by atoms with van der Waals surface area (Å²) in [4.78, 5) is 4.51. The van der Waals surface area contributed by atoms with E-state index in [9.17, 15) is 0 Å². The van der Waals surface area contributed by atoms with Gasteiger partial charge in [0.2, 0.25) is 6.39 Å². The molecule has 0 N–H and O–H groups in total. The van der Waals surface area contributed by atoms with Gasteiger partial charge in [-0.05, 0) is 29.0 Å². The Kier molecular flexibility index (Phi) is 3.36. The summed E-state index contributed by atoms with van der Waals surface area (Å²) in [6.45, 7) is 0. The number of nitriles is 1. The van der Waals surface area contributed by atoms with Crippen LogP contribution in [-0.4, -0.2) is 10.1 Å². The summed E-state index contributed by atoms with van der Waals surface area (Å²) in [6.07, 6.45) is 6.69. The summed E-state index contributed by atoms with van der Waals surface area (Å²) >= 11 is 1.22. The van der Waals surface area contributed by atoms with E-state index in [0.29, 0.717) is 0 Å². The van der Waals surface area contributed by atoms with Crippen LogP contribution in [0.5, 0.6) is 0 Å². The lowest BCUT2D eigenvalue weighted by atomic mass is 9.98. The van der Waals surface area contributed by atoms with Gasteiger partial charge >= 0.3 is 0 Å². The Labute approximate surface area is 96.6 Å². The fraction of sp³-hybridized carbons (Fsp3) is 0. The average molecular weight is 229 g/mol. The predicted octanol–water partition coefficient (Wildman–Crippen LogP) is 2.81. The van der Waals surface area contributed by atoms with E-state index in [4.69, 9.17) is 5.26 Å². The van der Waals surface area contributed by atoms with Crippen LogP contribution in [0, 0.1) is 10.7 Å². The Morgan fingerprint density at radius 1 is 1.31 bits per heavy atom. The molecule has 0 fully saturated rings. The number of benzene rings is 1. The van der Waals surface area contributed by atoms with Gasteiger partial charge in [0, 0.05) is 4.90 Å². The van der Waals surface area contributed by atoms with Crippen molar-refractivity contribution in [2.24, 2.45) is 0 Å². The van der Waals surface area contributed by atoms with Crippen molar-refractivity contribution in [3.05, 3.63) is 42.0 Å². The molecule has 0 aliphatic heterocycles. The molecule has 4 nitrogen and oxygen atoms in total. The molecule has 3 rings (SSSR count). The molecule has 0 bridgehead atoms. The molecule has 5 heteroatoms. The Morgan fingerprint density at radius 2 is 2.25 bits per heavy atom. The van der Waals surface area contributed by atoms with Gasteiger partial charge in [-0.15, -0.1) is 0 Å². The molecule has 1 aromatic heterocycles. The maximum atomic E-state index is 8.45. The topological polar surface area (TPSA) is 62.7 Å². The van der Waals surface area contributed by atoms with E-state index in [0.717, 1.165) is 4.90 Å².